The van der Waals surface area contributed by atoms with E-state index in [1.54, 1.807) is 21.7 Å². The summed E-state index contributed by atoms with van der Waals surface area (Å²) in [4.78, 5) is 31.4. The van der Waals surface area contributed by atoms with Gasteiger partial charge in [-0.3, -0.25) is 9.59 Å². The molecule has 0 spiro atoms. The first-order chi connectivity index (χ1) is 15.4. The van der Waals surface area contributed by atoms with Crippen LogP contribution in [0.5, 0.6) is 5.75 Å². The molecule has 2 unspecified atom stereocenters. The van der Waals surface area contributed by atoms with Crippen LogP contribution in [0.3, 0.4) is 0 Å². The van der Waals surface area contributed by atoms with Crippen molar-refractivity contribution in [3.8, 4) is 5.75 Å². The molecular weight excluding hydrogens is 430 g/mol. The molecule has 4 rings (SSSR count). The molecule has 0 bridgehead atoms. The van der Waals surface area contributed by atoms with E-state index in [-0.39, 0.29) is 5.91 Å². The van der Waals surface area contributed by atoms with E-state index in [4.69, 9.17) is 22.1 Å². The van der Waals surface area contributed by atoms with Gasteiger partial charge in [0, 0.05) is 24.2 Å². The van der Waals surface area contributed by atoms with E-state index < -0.39 is 11.9 Å². The third-order valence-electron chi connectivity index (χ3n) is 5.84. The highest BCUT2D eigenvalue weighted by atomic mass is 35.5. The number of likely N-dealkylation sites (tertiary alicyclic amines) is 1. The van der Waals surface area contributed by atoms with Crippen molar-refractivity contribution < 1.29 is 14.3 Å². The average Bonchev–Trinajstić information content (AvgIpc) is 3.19. The summed E-state index contributed by atoms with van der Waals surface area (Å²) in [7, 11) is 1.53. The maximum absolute atomic E-state index is 13.3. The van der Waals surface area contributed by atoms with Crippen molar-refractivity contribution in [3.05, 3.63) is 58.5 Å². The molecule has 9 heteroatoms. The van der Waals surface area contributed by atoms with Gasteiger partial charge in [0.15, 0.2) is 17.2 Å². The van der Waals surface area contributed by atoms with E-state index in [2.05, 4.69) is 17.0 Å². The molecule has 1 aromatic carbocycles. The van der Waals surface area contributed by atoms with E-state index in [1.165, 1.54) is 7.11 Å². The summed E-state index contributed by atoms with van der Waals surface area (Å²) in [5.74, 6) is 0.621. The van der Waals surface area contributed by atoms with Gasteiger partial charge in [-0.15, -0.1) is 0 Å². The maximum Gasteiger partial charge on any atom is 0.256 e. The fourth-order valence-corrected chi connectivity index (χ4v) is 4.37. The zero-order valence-corrected chi connectivity index (χ0v) is 18.9. The standard InChI is InChI=1S/C23H26ClN5O3/c1-14-6-8-18(21(25)30)28(12-14)23(31)16-11-19(32-2)22-26-20(27-29(22)13-16)9-7-15-4-3-5-17(24)10-15/h3-5,10-11,13-14,18H,6-9,12H2,1-2H3,(H2,25,30). The molecule has 1 aliphatic heterocycles. The highest BCUT2D eigenvalue weighted by Gasteiger charge is 2.34. The highest BCUT2D eigenvalue weighted by Crippen LogP contribution is 2.26. The first kappa shape index (κ1) is 22.1. The number of hydrogen-bond donors (Lipinski definition) is 1. The number of carbonyl (C=O) groups excluding carboxylic acids is 2. The number of pyridine rings is 1. The Bertz CT molecular complexity index is 1160. The monoisotopic (exact) mass is 455 g/mol. The van der Waals surface area contributed by atoms with Crippen LogP contribution in [0.1, 0.15) is 41.5 Å². The first-order valence-electron chi connectivity index (χ1n) is 10.6. The largest absolute Gasteiger partial charge is 0.493 e. The molecule has 0 saturated carbocycles. The number of methoxy groups -OCH3 is 1. The molecule has 0 radical (unpaired) electrons. The smallest absolute Gasteiger partial charge is 0.256 e. The summed E-state index contributed by atoms with van der Waals surface area (Å²) in [6, 6.07) is 8.71. The lowest BCUT2D eigenvalue weighted by Crippen LogP contribution is -2.52. The summed E-state index contributed by atoms with van der Waals surface area (Å²) in [6.07, 6.45) is 4.41. The molecule has 3 heterocycles. The van der Waals surface area contributed by atoms with E-state index >= 15 is 0 Å². The Morgan fingerprint density at radius 1 is 1.25 bits per heavy atom. The number of fused-ring (bicyclic) bond motifs is 1. The van der Waals surface area contributed by atoms with Crippen LogP contribution in [0.25, 0.3) is 5.65 Å². The summed E-state index contributed by atoms with van der Waals surface area (Å²) >= 11 is 6.06. The van der Waals surface area contributed by atoms with Crippen molar-refractivity contribution in [1.82, 2.24) is 19.5 Å². The summed E-state index contributed by atoms with van der Waals surface area (Å²) < 4.78 is 7.05. The lowest BCUT2D eigenvalue weighted by atomic mass is 9.93. The van der Waals surface area contributed by atoms with Crippen molar-refractivity contribution >= 4 is 29.1 Å². The van der Waals surface area contributed by atoms with Gasteiger partial charge in [0.1, 0.15) is 6.04 Å². The number of ether oxygens (including phenoxy) is 1. The van der Waals surface area contributed by atoms with Crippen LogP contribution >= 0.6 is 11.6 Å². The third kappa shape index (κ3) is 4.55. The number of carbonyl (C=O) groups is 2. The van der Waals surface area contributed by atoms with Crippen molar-refractivity contribution in [2.75, 3.05) is 13.7 Å². The Morgan fingerprint density at radius 2 is 2.06 bits per heavy atom. The van der Waals surface area contributed by atoms with Gasteiger partial charge in [-0.25, -0.2) is 9.50 Å². The number of aromatic nitrogens is 3. The second kappa shape index (κ2) is 9.16. The summed E-state index contributed by atoms with van der Waals surface area (Å²) in [6.45, 7) is 2.54. The number of nitrogens with zero attached hydrogens (tertiary/aromatic N) is 4. The molecule has 3 aromatic rings. The van der Waals surface area contributed by atoms with Crippen molar-refractivity contribution in [3.63, 3.8) is 0 Å². The van der Waals surface area contributed by atoms with Crippen LogP contribution in [0.4, 0.5) is 0 Å². The molecule has 1 saturated heterocycles. The van der Waals surface area contributed by atoms with E-state index in [0.29, 0.717) is 53.1 Å². The molecule has 2 atom stereocenters. The number of halogens is 1. The number of rotatable bonds is 6. The summed E-state index contributed by atoms with van der Waals surface area (Å²) in [5, 5.41) is 5.24. The number of hydrogen-bond acceptors (Lipinski definition) is 5. The normalized spacial score (nSPS) is 18.7. The van der Waals surface area contributed by atoms with Crippen LogP contribution in [0, 0.1) is 5.92 Å². The van der Waals surface area contributed by atoms with Gasteiger partial charge in [0.2, 0.25) is 5.91 Å². The molecule has 168 valence electrons. The Labute approximate surface area is 191 Å². The molecular formula is C23H26ClN5O3. The van der Waals surface area contributed by atoms with Gasteiger partial charge in [-0.2, -0.15) is 5.10 Å². The predicted octanol–water partition coefficient (Wildman–Crippen LogP) is 2.90. The van der Waals surface area contributed by atoms with Crippen molar-refractivity contribution in [1.29, 1.82) is 0 Å². The number of piperidine rings is 1. The van der Waals surface area contributed by atoms with E-state index in [9.17, 15) is 9.59 Å². The first-order valence-corrected chi connectivity index (χ1v) is 11.0. The number of benzene rings is 1. The highest BCUT2D eigenvalue weighted by molar-refractivity contribution is 6.30. The number of nitrogens with two attached hydrogens (primary N) is 1. The molecule has 1 aliphatic rings. The Morgan fingerprint density at radius 3 is 2.78 bits per heavy atom. The van der Waals surface area contributed by atoms with Crippen LogP contribution in [-0.4, -0.2) is 51.0 Å². The Kier molecular flexibility index (Phi) is 6.32. The van der Waals surface area contributed by atoms with Crippen molar-refractivity contribution in [2.45, 2.75) is 38.6 Å². The number of amides is 2. The van der Waals surface area contributed by atoms with E-state index in [1.807, 2.05) is 24.3 Å². The van der Waals surface area contributed by atoms with Gasteiger partial charge in [0.05, 0.1) is 12.7 Å². The molecule has 2 N–H and O–H groups in total. The molecule has 8 nitrogen and oxygen atoms in total. The topological polar surface area (TPSA) is 103 Å². The number of aryl methyl sites for hydroxylation is 2. The van der Waals surface area contributed by atoms with Gasteiger partial charge >= 0.3 is 0 Å². The predicted molar refractivity (Wildman–Crippen MR) is 121 cm³/mol. The molecule has 2 aromatic heterocycles. The number of primary amides is 1. The fourth-order valence-electron chi connectivity index (χ4n) is 4.16. The van der Waals surface area contributed by atoms with E-state index in [0.717, 1.165) is 18.4 Å². The zero-order chi connectivity index (χ0) is 22.8. The zero-order valence-electron chi connectivity index (χ0n) is 18.1. The van der Waals surface area contributed by atoms with Gasteiger partial charge in [-0.05, 0) is 48.9 Å². The molecule has 0 aliphatic carbocycles. The quantitative estimate of drug-likeness (QED) is 0.615. The molecule has 32 heavy (non-hydrogen) atoms. The third-order valence-corrected chi connectivity index (χ3v) is 6.08. The van der Waals surface area contributed by atoms with Gasteiger partial charge in [-0.1, -0.05) is 30.7 Å². The van der Waals surface area contributed by atoms with Gasteiger partial charge in [0.25, 0.3) is 5.91 Å². The van der Waals surface area contributed by atoms with Crippen LogP contribution in [0.2, 0.25) is 5.02 Å². The SMILES string of the molecule is COc1cc(C(=O)N2CC(C)CCC2C(N)=O)cn2nc(CCc3cccc(Cl)c3)nc12. The minimum absolute atomic E-state index is 0.267. The fraction of sp³-hybridized carbons (Fsp3) is 0.391. The van der Waals surface area contributed by atoms with Crippen LogP contribution in [-0.2, 0) is 17.6 Å². The van der Waals surface area contributed by atoms with Crippen LogP contribution in [0.15, 0.2) is 36.5 Å². The average molecular weight is 456 g/mol. The lowest BCUT2D eigenvalue weighted by molar-refractivity contribution is -0.123. The Balaban J connectivity index is 1.61. The van der Waals surface area contributed by atoms with Crippen molar-refractivity contribution in [2.24, 2.45) is 11.7 Å². The minimum atomic E-state index is -0.607. The lowest BCUT2D eigenvalue weighted by Gasteiger charge is -2.36. The summed E-state index contributed by atoms with van der Waals surface area (Å²) in [5.41, 5.74) is 7.57. The maximum atomic E-state index is 13.3. The van der Waals surface area contributed by atoms with Gasteiger partial charge < -0.3 is 15.4 Å². The second-order valence-corrected chi connectivity index (χ2v) is 8.72. The Hall–Kier alpha value is -3.13. The van der Waals surface area contributed by atoms with Crippen LogP contribution < -0.4 is 10.5 Å². The minimum Gasteiger partial charge on any atom is -0.493 e. The molecule has 1 fully saturated rings. The second-order valence-electron chi connectivity index (χ2n) is 8.28. The molecule has 2 amide bonds.